The highest BCUT2D eigenvalue weighted by Gasteiger charge is 2.34. The van der Waals surface area contributed by atoms with Crippen molar-refractivity contribution >= 4 is 22.2 Å². The van der Waals surface area contributed by atoms with Gasteiger partial charge in [0.05, 0.1) is 5.75 Å². The fourth-order valence-electron chi connectivity index (χ4n) is 1.20. The molecule has 0 aromatic heterocycles. The summed E-state index contributed by atoms with van der Waals surface area (Å²) in [6, 6.07) is 0. The fraction of sp³-hybridized carbons (Fsp3) is 1.00. The zero-order valence-electron chi connectivity index (χ0n) is 6.87. The minimum absolute atomic E-state index is 0. The van der Waals surface area contributed by atoms with E-state index >= 15 is 0 Å². The Kier molecular flexibility index (Phi) is 5.09. The number of rotatable bonds is 1. The summed E-state index contributed by atoms with van der Waals surface area (Å²) in [6.45, 7) is 0.639. The number of nitrogens with one attached hydrogen (secondary N) is 1. The van der Waals surface area contributed by atoms with Crippen LogP contribution in [0.4, 0.5) is 8.78 Å². The predicted molar refractivity (Wildman–Crippen MR) is 48.3 cm³/mol. The van der Waals surface area contributed by atoms with Crippen LogP contribution >= 0.6 is 12.4 Å². The Morgan fingerprint density at radius 3 is 2.46 bits per heavy atom. The zero-order chi connectivity index (χ0) is 9.19. The summed E-state index contributed by atoms with van der Waals surface area (Å²) in [4.78, 5) is 0. The minimum Gasteiger partial charge on any atom is -0.316 e. The molecule has 1 N–H and O–H groups in total. The summed E-state index contributed by atoms with van der Waals surface area (Å²) in [7, 11) is -3.57. The van der Waals surface area contributed by atoms with E-state index in [0.717, 1.165) is 0 Å². The summed E-state index contributed by atoms with van der Waals surface area (Å²) < 4.78 is 46.6. The Morgan fingerprint density at radius 2 is 1.92 bits per heavy atom. The average Bonchev–Trinajstić information content (AvgIpc) is 2.09. The van der Waals surface area contributed by atoms with E-state index in [1.54, 1.807) is 0 Å². The summed E-state index contributed by atoms with van der Waals surface area (Å²) in [5.41, 5.74) is 0. The molecule has 1 rings (SSSR count). The second-order valence-corrected chi connectivity index (χ2v) is 5.12. The number of hydrogen-bond acceptors (Lipinski definition) is 3. The van der Waals surface area contributed by atoms with Gasteiger partial charge in [0.1, 0.15) is 5.25 Å². The lowest BCUT2D eigenvalue weighted by atomic mass is 10.3. The molecular formula is C6H12ClF2NO2S. The Morgan fingerprint density at radius 1 is 1.31 bits per heavy atom. The molecule has 1 saturated heterocycles. The van der Waals surface area contributed by atoms with Crippen LogP contribution in [0.25, 0.3) is 0 Å². The molecule has 1 heterocycles. The van der Waals surface area contributed by atoms with Crippen molar-refractivity contribution in [3.05, 3.63) is 0 Å². The van der Waals surface area contributed by atoms with Crippen LogP contribution in [0.3, 0.4) is 0 Å². The lowest BCUT2D eigenvalue weighted by Gasteiger charge is -2.11. The molecule has 1 unspecified atom stereocenters. The second kappa shape index (κ2) is 5.07. The third-order valence-electron chi connectivity index (χ3n) is 1.91. The molecular weight excluding hydrogens is 224 g/mol. The van der Waals surface area contributed by atoms with Crippen molar-refractivity contribution in [3.8, 4) is 0 Å². The van der Waals surface area contributed by atoms with Gasteiger partial charge in [-0.05, 0) is 13.0 Å². The van der Waals surface area contributed by atoms with Crippen LogP contribution in [0.2, 0.25) is 0 Å². The molecule has 0 radical (unpaired) electrons. The van der Waals surface area contributed by atoms with E-state index in [1.165, 1.54) is 0 Å². The highest BCUT2D eigenvalue weighted by atomic mass is 35.5. The van der Waals surface area contributed by atoms with Gasteiger partial charge in [-0.25, -0.2) is 17.2 Å². The maximum atomic E-state index is 12.2. The molecule has 3 nitrogen and oxygen atoms in total. The normalized spacial score (nSPS) is 27.8. The van der Waals surface area contributed by atoms with Gasteiger partial charge in [-0.3, -0.25) is 0 Å². The van der Waals surface area contributed by atoms with E-state index in [2.05, 4.69) is 5.32 Å². The van der Waals surface area contributed by atoms with E-state index in [9.17, 15) is 17.2 Å². The number of sulfone groups is 1. The lowest BCUT2D eigenvalue weighted by Crippen LogP contribution is -2.30. The number of hydrogen-bond donors (Lipinski definition) is 1. The van der Waals surface area contributed by atoms with E-state index in [0.29, 0.717) is 6.54 Å². The Balaban J connectivity index is 0.00000144. The van der Waals surface area contributed by atoms with Gasteiger partial charge in [0.25, 0.3) is 6.43 Å². The van der Waals surface area contributed by atoms with Crippen molar-refractivity contribution in [1.29, 1.82) is 0 Å². The molecule has 80 valence electrons. The molecule has 7 heteroatoms. The molecule has 0 amide bonds. The number of alkyl halides is 2. The minimum atomic E-state index is -3.57. The van der Waals surface area contributed by atoms with Gasteiger partial charge < -0.3 is 5.32 Å². The van der Waals surface area contributed by atoms with Gasteiger partial charge in [0, 0.05) is 6.54 Å². The van der Waals surface area contributed by atoms with Crippen LogP contribution < -0.4 is 5.32 Å². The first-order valence-corrected chi connectivity index (χ1v) is 5.46. The van der Waals surface area contributed by atoms with E-state index in [1.807, 2.05) is 0 Å². The monoisotopic (exact) mass is 235 g/mol. The van der Waals surface area contributed by atoms with E-state index in [4.69, 9.17) is 0 Å². The predicted octanol–water partition coefficient (Wildman–Crippen LogP) is 0.450. The third kappa shape index (κ3) is 3.36. The van der Waals surface area contributed by atoms with Gasteiger partial charge in [0.2, 0.25) is 0 Å². The van der Waals surface area contributed by atoms with Gasteiger partial charge in [-0.1, -0.05) is 0 Å². The second-order valence-electron chi connectivity index (χ2n) is 2.78. The van der Waals surface area contributed by atoms with Crippen molar-refractivity contribution in [2.45, 2.75) is 18.1 Å². The van der Waals surface area contributed by atoms with Gasteiger partial charge in [0.15, 0.2) is 9.84 Å². The van der Waals surface area contributed by atoms with Crippen LogP contribution in [0.1, 0.15) is 6.42 Å². The van der Waals surface area contributed by atoms with Gasteiger partial charge >= 0.3 is 0 Å². The Hall–Kier alpha value is 0.0600. The SMILES string of the molecule is Cl.O=S1(=O)CCNCCC1C(F)F. The zero-order valence-corrected chi connectivity index (χ0v) is 8.51. The first-order chi connectivity index (χ1) is 5.54. The molecule has 0 saturated carbocycles. The smallest absolute Gasteiger partial charge is 0.255 e. The lowest BCUT2D eigenvalue weighted by molar-refractivity contribution is 0.139. The van der Waals surface area contributed by atoms with Crippen LogP contribution in [0.5, 0.6) is 0 Å². The molecule has 0 spiro atoms. The quantitative estimate of drug-likeness (QED) is 0.718. The van der Waals surface area contributed by atoms with Gasteiger partial charge in [-0.15, -0.1) is 12.4 Å². The van der Waals surface area contributed by atoms with Crippen LogP contribution in [0, 0.1) is 0 Å². The van der Waals surface area contributed by atoms with Crippen molar-refractivity contribution in [1.82, 2.24) is 5.32 Å². The molecule has 1 aliphatic heterocycles. The largest absolute Gasteiger partial charge is 0.316 e. The third-order valence-corrected chi connectivity index (χ3v) is 4.05. The number of halogens is 3. The summed E-state index contributed by atoms with van der Waals surface area (Å²) >= 11 is 0. The maximum Gasteiger partial charge on any atom is 0.255 e. The van der Waals surface area contributed by atoms with E-state index in [-0.39, 0.29) is 31.1 Å². The fourth-order valence-corrected chi connectivity index (χ4v) is 2.72. The first kappa shape index (κ1) is 13.1. The summed E-state index contributed by atoms with van der Waals surface area (Å²) in [5, 5.41) is 1.31. The van der Waals surface area contributed by atoms with Crippen molar-refractivity contribution < 1.29 is 17.2 Å². The van der Waals surface area contributed by atoms with Crippen molar-refractivity contribution in [2.75, 3.05) is 18.8 Å². The van der Waals surface area contributed by atoms with Crippen LogP contribution in [0.15, 0.2) is 0 Å². The molecule has 0 aromatic rings. The summed E-state index contributed by atoms with van der Waals surface area (Å²) in [5.74, 6) is -0.179. The van der Waals surface area contributed by atoms with Crippen LogP contribution in [-0.2, 0) is 9.84 Å². The maximum absolute atomic E-state index is 12.2. The standard InChI is InChI=1S/C6H11F2NO2S.ClH/c7-6(8)5-1-2-9-3-4-12(5,10)11;/h5-6,9H,1-4H2;1H. The molecule has 1 fully saturated rings. The highest BCUT2D eigenvalue weighted by Crippen LogP contribution is 2.17. The first-order valence-electron chi connectivity index (χ1n) is 3.74. The summed E-state index contributed by atoms with van der Waals surface area (Å²) in [6.07, 6.45) is -2.74. The molecule has 1 aliphatic rings. The molecule has 1 atom stereocenters. The average molecular weight is 236 g/mol. The molecule has 0 aromatic carbocycles. The van der Waals surface area contributed by atoms with Crippen molar-refractivity contribution in [2.24, 2.45) is 0 Å². The van der Waals surface area contributed by atoms with Crippen LogP contribution in [-0.4, -0.2) is 38.9 Å². The Labute approximate surface area is 82.2 Å². The molecule has 13 heavy (non-hydrogen) atoms. The van der Waals surface area contributed by atoms with E-state index < -0.39 is 21.5 Å². The Bertz CT molecular complexity index is 245. The van der Waals surface area contributed by atoms with Gasteiger partial charge in [-0.2, -0.15) is 0 Å². The molecule has 0 bridgehead atoms. The van der Waals surface area contributed by atoms with Crippen molar-refractivity contribution in [3.63, 3.8) is 0 Å². The topological polar surface area (TPSA) is 46.2 Å². The highest BCUT2D eigenvalue weighted by molar-refractivity contribution is 7.92. The molecule has 0 aliphatic carbocycles.